The number of aryl methyl sites for hydroxylation is 1. The first-order valence-corrected chi connectivity index (χ1v) is 15.0. The van der Waals surface area contributed by atoms with E-state index in [0.717, 1.165) is 35.0 Å². The van der Waals surface area contributed by atoms with Gasteiger partial charge in [0.25, 0.3) is 0 Å². The Kier molecular flexibility index (Phi) is 13.0. The first-order valence-electron chi connectivity index (χ1n) is 14.1. The van der Waals surface area contributed by atoms with E-state index in [1.807, 2.05) is 0 Å². The highest BCUT2D eigenvalue weighted by Gasteiger charge is 2.07. The first-order chi connectivity index (χ1) is 17.3. The average molecular weight is 492 g/mol. The second-order valence-electron chi connectivity index (χ2n) is 9.75. The lowest BCUT2D eigenvalue weighted by atomic mass is 10.0. The number of nitrogens with zero attached hydrogens (tertiary/aromatic N) is 1. The number of hydrogen-bond acceptors (Lipinski definition) is 3. The highest BCUT2D eigenvalue weighted by atomic mass is 32.1. The van der Waals surface area contributed by atoms with Gasteiger partial charge in [0.05, 0.1) is 12.3 Å². The molecular formula is C32H45NOS. The van der Waals surface area contributed by atoms with Crippen LogP contribution in [-0.4, -0.2) is 11.6 Å². The molecule has 2 nitrogen and oxygen atoms in total. The number of rotatable bonds is 18. The van der Waals surface area contributed by atoms with Crippen molar-refractivity contribution in [2.75, 3.05) is 6.61 Å². The number of thiazole rings is 1. The quantitative estimate of drug-likeness (QED) is 0.165. The maximum atomic E-state index is 5.91. The maximum absolute atomic E-state index is 5.91. The van der Waals surface area contributed by atoms with Crippen molar-refractivity contribution in [3.8, 4) is 27.6 Å². The zero-order chi connectivity index (χ0) is 24.6. The van der Waals surface area contributed by atoms with Crippen LogP contribution >= 0.6 is 11.3 Å². The van der Waals surface area contributed by atoms with Gasteiger partial charge in [-0.3, -0.25) is 0 Å². The highest BCUT2D eigenvalue weighted by molar-refractivity contribution is 7.13. The molecule has 190 valence electrons. The minimum Gasteiger partial charge on any atom is -0.494 e. The van der Waals surface area contributed by atoms with E-state index in [4.69, 9.17) is 9.72 Å². The summed E-state index contributed by atoms with van der Waals surface area (Å²) in [5, 5.41) is 3.25. The normalized spacial score (nSPS) is 11.1. The second kappa shape index (κ2) is 16.5. The van der Waals surface area contributed by atoms with Crippen molar-refractivity contribution < 1.29 is 4.74 Å². The van der Waals surface area contributed by atoms with Crippen LogP contribution in [0.5, 0.6) is 5.75 Å². The van der Waals surface area contributed by atoms with Crippen LogP contribution in [-0.2, 0) is 6.42 Å². The summed E-state index contributed by atoms with van der Waals surface area (Å²) >= 11 is 1.72. The lowest BCUT2D eigenvalue weighted by Crippen LogP contribution is -1.97. The van der Waals surface area contributed by atoms with Crippen LogP contribution in [0.4, 0.5) is 0 Å². The van der Waals surface area contributed by atoms with Gasteiger partial charge in [-0.05, 0) is 49.1 Å². The van der Waals surface area contributed by atoms with E-state index in [-0.39, 0.29) is 0 Å². The summed E-state index contributed by atoms with van der Waals surface area (Å²) in [6.07, 6.45) is 18.5. The number of hydrogen-bond donors (Lipinski definition) is 0. The van der Waals surface area contributed by atoms with E-state index < -0.39 is 0 Å². The molecule has 1 aromatic heterocycles. The Morgan fingerprint density at radius 1 is 0.629 bits per heavy atom. The van der Waals surface area contributed by atoms with Gasteiger partial charge in [-0.25, -0.2) is 4.98 Å². The van der Waals surface area contributed by atoms with Crippen molar-refractivity contribution in [3.63, 3.8) is 0 Å². The molecule has 0 atom stereocenters. The molecule has 1 heterocycles. The summed E-state index contributed by atoms with van der Waals surface area (Å²) in [4.78, 5) is 4.91. The Morgan fingerprint density at radius 3 is 1.86 bits per heavy atom. The fourth-order valence-corrected chi connectivity index (χ4v) is 5.27. The third-order valence-electron chi connectivity index (χ3n) is 6.69. The van der Waals surface area contributed by atoms with E-state index in [0.29, 0.717) is 0 Å². The molecule has 3 rings (SSSR count). The molecule has 3 heteroatoms. The van der Waals surface area contributed by atoms with E-state index in [1.54, 1.807) is 11.3 Å². The molecule has 0 saturated carbocycles. The van der Waals surface area contributed by atoms with Crippen molar-refractivity contribution in [3.05, 3.63) is 59.5 Å². The number of benzene rings is 2. The summed E-state index contributed by atoms with van der Waals surface area (Å²) in [6, 6.07) is 17.4. The first kappa shape index (κ1) is 27.5. The molecule has 0 saturated heterocycles. The molecule has 0 fully saturated rings. The topological polar surface area (TPSA) is 22.1 Å². The summed E-state index contributed by atoms with van der Waals surface area (Å²) in [5.74, 6) is 0.951. The van der Waals surface area contributed by atoms with Gasteiger partial charge in [-0.2, -0.15) is 0 Å². The van der Waals surface area contributed by atoms with Crippen molar-refractivity contribution in [2.24, 2.45) is 0 Å². The Bertz CT molecular complexity index is 929. The molecule has 0 aliphatic carbocycles. The van der Waals surface area contributed by atoms with Gasteiger partial charge < -0.3 is 4.74 Å². The van der Waals surface area contributed by atoms with Gasteiger partial charge in [0, 0.05) is 16.5 Å². The molecule has 0 bridgehead atoms. The van der Waals surface area contributed by atoms with E-state index in [1.165, 1.54) is 94.6 Å². The lowest BCUT2D eigenvalue weighted by molar-refractivity contribution is 0.304. The number of ether oxygens (including phenoxy) is 1. The molecular weight excluding hydrogens is 446 g/mol. The van der Waals surface area contributed by atoms with Crippen LogP contribution in [0.1, 0.15) is 103 Å². The minimum atomic E-state index is 0.805. The third kappa shape index (κ3) is 10.2. The molecule has 3 aromatic rings. The van der Waals surface area contributed by atoms with Crippen LogP contribution in [0, 0.1) is 0 Å². The van der Waals surface area contributed by atoms with Crippen molar-refractivity contribution in [1.29, 1.82) is 0 Å². The molecule has 0 amide bonds. The summed E-state index contributed by atoms with van der Waals surface area (Å²) < 4.78 is 5.91. The molecule has 0 radical (unpaired) electrons. The zero-order valence-corrected chi connectivity index (χ0v) is 22.9. The van der Waals surface area contributed by atoms with Crippen LogP contribution in [0.15, 0.2) is 53.9 Å². The second-order valence-corrected chi connectivity index (χ2v) is 10.6. The maximum Gasteiger partial charge on any atom is 0.124 e. The SMILES string of the molecule is CCCCCCCCCCc1ccc(-c2nc(-c3ccc(OCCCCCCC)cc3)cs2)cc1. The molecule has 0 aliphatic rings. The lowest BCUT2D eigenvalue weighted by Gasteiger charge is -2.06. The highest BCUT2D eigenvalue weighted by Crippen LogP contribution is 2.30. The third-order valence-corrected chi connectivity index (χ3v) is 7.58. The summed E-state index contributed by atoms with van der Waals surface area (Å²) in [7, 11) is 0. The van der Waals surface area contributed by atoms with Crippen LogP contribution in [0.3, 0.4) is 0 Å². The average Bonchev–Trinajstić information content (AvgIpc) is 3.39. The van der Waals surface area contributed by atoms with Gasteiger partial charge >= 0.3 is 0 Å². The zero-order valence-electron chi connectivity index (χ0n) is 22.1. The predicted octanol–water partition coefficient (Wildman–Crippen LogP) is 10.5. The predicted molar refractivity (Wildman–Crippen MR) is 154 cm³/mol. The molecule has 0 N–H and O–H groups in total. The van der Waals surface area contributed by atoms with Crippen molar-refractivity contribution in [1.82, 2.24) is 4.98 Å². The Hall–Kier alpha value is -2.13. The van der Waals surface area contributed by atoms with Gasteiger partial charge in [0.1, 0.15) is 10.8 Å². The Balaban J connectivity index is 1.41. The Labute approximate surface area is 218 Å². The smallest absolute Gasteiger partial charge is 0.124 e. The summed E-state index contributed by atoms with van der Waals surface area (Å²) in [6.45, 7) is 5.33. The van der Waals surface area contributed by atoms with Crippen LogP contribution < -0.4 is 4.74 Å². The molecule has 0 aliphatic heterocycles. The van der Waals surface area contributed by atoms with Gasteiger partial charge in [0.2, 0.25) is 0 Å². The van der Waals surface area contributed by atoms with Crippen molar-refractivity contribution >= 4 is 11.3 Å². The van der Waals surface area contributed by atoms with Gasteiger partial charge in [0.15, 0.2) is 0 Å². The van der Waals surface area contributed by atoms with E-state index >= 15 is 0 Å². The molecule has 2 aromatic carbocycles. The Morgan fingerprint density at radius 2 is 1.20 bits per heavy atom. The molecule has 0 unspecified atom stereocenters. The fraction of sp³-hybridized carbons (Fsp3) is 0.531. The van der Waals surface area contributed by atoms with Crippen LogP contribution in [0.25, 0.3) is 21.8 Å². The minimum absolute atomic E-state index is 0.805. The van der Waals surface area contributed by atoms with Gasteiger partial charge in [-0.1, -0.05) is 109 Å². The monoisotopic (exact) mass is 491 g/mol. The standard InChI is InChI=1S/C32H45NOS/c1-3-5-7-9-10-11-12-14-16-27-17-19-29(20-18-27)32-33-31(26-35-32)28-21-23-30(24-22-28)34-25-15-13-8-6-4-2/h17-24,26H,3-16,25H2,1-2H3. The largest absolute Gasteiger partial charge is 0.494 e. The number of unbranched alkanes of at least 4 members (excludes halogenated alkanes) is 11. The number of aromatic nitrogens is 1. The van der Waals surface area contributed by atoms with E-state index in [9.17, 15) is 0 Å². The fourth-order valence-electron chi connectivity index (χ4n) is 4.43. The van der Waals surface area contributed by atoms with Crippen LogP contribution in [0.2, 0.25) is 0 Å². The molecule has 35 heavy (non-hydrogen) atoms. The van der Waals surface area contributed by atoms with E-state index in [2.05, 4.69) is 67.8 Å². The molecule has 0 spiro atoms. The van der Waals surface area contributed by atoms with Gasteiger partial charge in [-0.15, -0.1) is 11.3 Å². The van der Waals surface area contributed by atoms with Crippen molar-refractivity contribution in [2.45, 2.75) is 104 Å². The summed E-state index contributed by atoms with van der Waals surface area (Å²) in [5.41, 5.74) is 4.84.